The van der Waals surface area contributed by atoms with Gasteiger partial charge in [0.25, 0.3) is 0 Å². The van der Waals surface area contributed by atoms with Crippen LogP contribution >= 0.6 is 0 Å². The third-order valence-electron chi connectivity index (χ3n) is 4.21. The molecule has 10 nitrogen and oxygen atoms in total. The van der Waals surface area contributed by atoms with E-state index in [0.29, 0.717) is 13.0 Å². The van der Waals surface area contributed by atoms with E-state index < -0.39 is 30.2 Å². The lowest BCUT2D eigenvalue weighted by Crippen LogP contribution is -2.27. The molecule has 0 fully saturated rings. The molecule has 0 aliphatic rings. The highest BCUT2D eigenvalue weighted by Gasteiger charge is 2.16. The standard InChI is InChI=1S/C15H24O6.C12H18O4/c1-6-14(16)20-9-12(4)18-8-11(3)19-10-13(5)21-15(17)7-2;1-4-7-8-9-12(15-10(13)5-2)16-11(14)6-3/h6-7,11-13H,1-2,8-10H2,3-5H3;5-6,12H,2-4,7-9H2,1H3. The predicted octanol–water partition coefficient (Wildman–Crippen LogP) is 3.99. The van der Waals surface area contributed by atoms with Crippen molar-refractivity contribution in [2.45, 2.75) is 78.0 Å². The van der Waals surface area contributed by atoms with Crippen LogP contribution in [0, 0.1) is 0 Å². The van der Waals surface area contributed by atoms with E-state index in [4.69, 9.17) is 28.4 Å². The van der Waals surface area contributed by atoms with Crippen molar-refractivity contribution in [3.05, 3.63) is 50.6 Å². The van der Waals surface area contributed by atoms with Gasteiger partial charge in [0.2, 0.25) is 6.29 Å². The van der Waals surface area contributed by atoms with Crippen molar-refractivity contribution >= 4 is 23.9 Å². The molecule has 0 radical (unpaired) electrons. The largest absolute Gasteiger partial charge is 0.460 e. The van der Waals surface area contributed by atoms with Crippen molar-refractivity contribution < 1.29 is 47.6 Å². The van der Waals surface area contributed by atoms with Gasteiger partial charge in [-0.05, 0) is 27.2 Å². The van der Waals surface area contributed by atoms with E-state index >= 15 is 0 Å². The minimum atomic E-state index is -0.845. The van der Waals surface area contributed by atoms with Gasteiger partial charge in [0, 0.05) is 30.7 Å². The Morgan fingerprint density at radius 1 is 0.622 bits per heavy atom. The Kier molecular flexibility index (Phi) is 22.5. The maximum Gasteiger partial charge on any atom is 0.333 e. The quantitative estimate of drug-likeness (QED) is 0.0802. The summed E-state index contributed by atoms with van der Waals surface area (Å²) in [5.41, 5.74) is 0. The first kappa shape index (κ1) is 35.9. The maximum absolute atomic E-state index is 11.0. The molecule has 0 amide bonds. The molecule has 0 heterocycles. The van der Waals surface area contributed by atoms with Crippen LogP contribution < -0.4 is 0 Å². The molecule has 0 saturated heterocycles. The second-order valence-electron chi connectivity index (χ2n) is 7.78. The molecule has 0 saturated carbocycles. The van der Waals surface area contributed by atoms with Gasteiger partial charge in [0.05, 0.1) is 25.4 Å². The van der Waals surface area contributed by atoms with Gasteiger partial charge in [0.1, 0.15) is 12.7 Å². The fourth-order valence-electron chi connectivity index (χ4n) is 2.29. The van der Waals surface area contributed by atoms with Crippen molar-refractivity contribution in [2.75, 3.05) is 19.8 Å². The lowest BCUT2D eigenvalue weighted by molar-refractivity contribution is -0.182. The van der Waals surface area contributed by atoms with Crippen LogP contribution in [-0.2, 0) is 47.6 Å². The Morgan fingerprint density at radius 2 is 1.05 bits per heavy atom. The first-order chi connectivity index (χ1) is 17.5. The van der Waals surface area contributed by atoms with Gasteiger partial charge in [-0.25, -0.2) is 19.2 Å². The number of unbranched alkanes of at least 4 members (excludes halogenated alkanes) is 2. The van der Waals surface area contributed by atoms with Crippen molar-refractivity contribution in [3.8, 4) is 0 Å². The lowest BCUT2D eigenvalue weighted by Gasteiger charge is -2.19. The van der Waals surface area contributed by atoms with E-state index in [1.54, 1.807) is 13.8 Å². The van der Waals surface area contributed by atoms with Crippen LogP contribution in [0.15, 0.2) is 50.6 Å². The van der Waals surface area contributed by atoms with Gasteiger partial charge in [0.15, 0.2) is 0 Å². The summed E-state index contributed by atoms with van der Waals surface area (Å²) in [4.78, 5) is 43.8. The fraction of sp³-hybridized carbons (Fsp3) is 0.556. The van der Waals surface area contributed by atoms with Crippen molar-refractivity contribution in [2.24, 2.45) is 0 Å². The van der Waals surface area contributed by atoms with Crippen LogP contribution in [0.25, 0.3) is 0 Å². The highest BCUT2D eigenvalue weighted by atomic mass is 16.7. The molecule has 0 aromatic heterocycles. The zero-order chi connectivity index (χ0) is 28.6. The molecule has 0 spiro atoms. The summed E-state index contributed by atoms with van der Waals surface area (Å²) >= 11 is 0. The second-order valence-corrected chi connectivity index (χ2v) is 7.78. The summed E-state index contributed by atoms with van der Waals surface area (Å²) in [6.45, 7) is 21.3. The topological polar surface area (TPSA) is 124 Å². The summed E-state index contributed by atoms with van der Waals surface area (Å²) in [7, 11) is 0. The molecule has 210 valence electrons. The molecule has 0 N–H and O–H groups in total. The van der Waals surface area contributed by atoms with Crippen LogP contribution in [0.4, 0.5) is 0 Å². The van der Waals surface area contributed by atoms with E-state index in [2.05, 4.69) is 33.2 Å². The minimum absolute atomic E-state index is 0.158. The number of ether oxygens (including phenoxy) is 6. The summed E-state index contributed by atoms with van der Waals surface area (Å²) in [5.74, 6) is -2.16. The summed E-state index contributed by atoms with van der Waals surface area (Å²) < 4.78 is 30.5. The molecule has 0 aliphatic heterocycles. The molecule has 0 aliphatic carbocycles. The average molecular weight is 527 g/mol. The lowest BCUT2D eigenvalue weighted by atomic mass is 10.2. The number of carbonyl (C=O) groups is 4. The van der Waals surface area contributed by atoms with Gasteiger partial charge >= 0.3 is 23.9 Å². The van der Waals surface area contributed by atoms with Gasteiger partial charge in [-0.1, -0.05) is 46.1 Å². The molecular weight excluding hydrogens is 484 g/mol. The number of esters is 4. The van der Waals surface area contributed by atoms with Crippen LogP contribution in [0.3, 0.4) is 0 Å². The Labute approximate surface area is 220 Å². The van der Waals surface area contributed by atoms with E-state index in [9.17, 15) is 19.2 Å². The highest BCUT2D eigenvalue weighted by Crippen LogP contribution is 2.09. The first-order valence-corrected chi connectivity index (χ1v) is 12.0. The Hall–Kier alpha value is -3.24. The minimum Gasteiger partial charge on any atom is -0.460 e. The predicted molar refractivity (Wildman–Crippen MR) is 138 cm³/mol. The number of hydrogen-bond donors (Lipinski definition) is 0. The summed E-state index contributed by atoms with van der Waals surface area (Å²) in [6, 6.07) is 0. The van der Waals surface area contributed by atoms with Gasteiger partial charge in [-0.15, -0.1) is 0 Å². The molecule has 0 rings (SSSR count). The van der Waals surface area contributed by atoms with Gasteiger partial charge in [-0.3, -0.25) is 0 Å². The zero-order valence-electron chi connectivity index (χ0n) is 22.5. The Morgan fingerprint density at radius 3 is 1.51 bits per heavy atom. The summed E-state index contributed by atoms with van der Waals surface area (Å²) in [6.07, 6.45) is 6.02. The first-order valence-electron chi connectivity index (χ1n) is 12.0. The Balaban J connectivity index is 0. The maximum atomic E-state index is 11.0. The number of hydrogen-bond acceptors (Lipinski definition) is 10. The molecule has 0 aromatic carbocycles. The molecule has 0 bridgehead atoms. The van der Waals surface area contributed by atoms with Crippen LogP contribution in [-0.4, -0.2) is 68.3 Å². The number of rotatable bonds is 19. The molecule has 10 heteroatoms. The molecule has 37 heavy (non-hydrogen) atoms. The van der Waals surface area contributed by atoms with E-state index in [0.717, 1.165) is 43.6 Å². The molecular formula is C27H42O10. The third kappa shape index (κ3) is 22.9. The van der Waals surface area contributed by atoms with E-state index in [1.807, 2.05) is 6.92 Å². The monoisotopic (exact) mass is 526 g/mol. The van der Waals surface area contributed by atoms with Crippen LogP contribution in [0.5, 0.6) is 0 Å². The highest BCUT2D eigenvalue weighted by molar-refractivity contribution is 5.83. The number of carbonyl (C=O) groups excluding carboxylic acids is 4. The zero-order valence-corrected chi connectivity index (χ0v) is 22.5. The van der Waals surface area contributed by atoms with Gasteiger partial charge in [-0.2, -0.15) is 0 Å². The Bertz CT molecular complexity index is 709. The smallest absolute Gasteiger partial charge is 0.333 e. The van der Waals surface area contributed by atoms with Gasteiger partial charge < -0.3 is 28.4 Å². The van der Waals surface area contributed by atoms with Crippen molar-refractivity contribution in [3.63, 3.8) is 0 Å². The molecule has 3 unspecified atom stereocenters. The van der Waals surface area contributed by atoms with Crippen LogP contribution in [0.1, 0.15) is 53.4 Å². The molecule has 0 aromatic rings. The average Bonchev–Trinajstić information content (AvgIpc) is 2.89. The van der Waals surface area contributed by atoms with E-state index in [-0.39, 0.29) is 31.5 Å². The van der Waals surface area contributed by atoms with Crippen molar-refractivity contribution in [1.29, 1.82) is 0 Å². The fourth-order valence-corrected chi connectivity index (χ4v) is 2.29. The normalized spacial score (nSPS) is 12.5. The SMILES string of the molecule is C=CC(=O)OC(CCCCC)OC(=O)C=C.C=CC(=O)OCC(C)OCC(C)OCC(C)OC(=O)C=C. The van der Waals surface area contributed by atoms with Crippen LogP contribution in [0.2, 0.25) is 0 Å². The summed E-state index contributed by atoms with van der Waals surface area (Å²) in [5, 5.41) is 0. The molecule has 3 atom stereocenters. The second kappa shape index (κ2) is 23.2. The van der Waals surface area contributed by atoms with E-state index in [1.165, 1.54) is 0 Å². The van der Waals surface area contributed by atoms with Crippen molar-refractivity contribution in [1.82, 2.24) is 0 Å². The third-order valence-corrected chi connectivity index (χ3v) is 4.21.